The van der Waals surface area contributed by atoms with Gasteiger partial charge in [0.1, 0.15) is 16.5 Å². The Labute approximate surface area is 121 Å². The third-order valence-corrected chi connectivity index (χ3v) is 4.20. The molecule has 4 nitrogen and oxygen atoms in total. The second-order valence-electron chi connectivity index (χ2n) is 4.35. The van der Waals surface area contributed by atoms with Gasteiger partial charge in [0, 0.05) is 18.4 Å². The number of rotatable bonds is 5. The van der Waals surface area contributed by atoms with Crippen LogP contribution in [-0.2, 0) is 16.4 Å². The fourth-order valence-corrected chi connectivity index (χ4v) is 2.89. The van der Waals surface area contributed by atoms with Crippen LogP contribution in [0.15, 0.2) is 47.4 Å². The fraction of sp³-hybridized carbons (Fsp3) is 0.143. The Balaban J connectivity index is 2.24. The molecule has 0 heterocycles. The summed E-state index contributed by atoms with van der Waals surface area (Å²) in [6.45, 7) is -0.00807. The van der Waals surface area contributed by atoms with Gasteiger partial charge < -0.3 is 5.11 Å². The minimum atomic E-state index is -4.13. The topological polar surface area (TPSA) is 66.4 Å². The summed E-state index contributed by atoms with van der Waals surface area (Å²) in [5.41, 5.74) is 1.09. The van der Waals surface area contributed by atoms with Gasteiger partial charge in [-0.05, 0) is 36.2 Å². The number of aliphatic hydroxyl groups is 1. The van der Waals surface area contributed by atoms with Crippen molar-refractivity contribution >= 4 is 15.7 Å². The lowest BCUT2D eigenvalue weighted by molar-refractivity contribution is 0.299. The first-order valence-electron chi connectivity index (χ1n) is 6.10. The van der Waals surface area contributed by atoms with E-state index in [-0.39, 0.29) is 12.3 Å². The summed E-state index contributed by atoms with van der Waals surface area (Å²) in [6.07, 6.45) is 0.458. The van der Waals surface area contributed by atoms with Crippen molar-refractivity contribution < 1.29 is 22.3 Å². The zero-order valence-corrected chi connectivity index (χ0v) is 11.7. The van der Waals surface area contributed by atoms with Crippen molar-refractivity contribution in [1.29, 1.82) is 0 Å². The average Bonchev–Trinajstić information content (AvgIpc) is 2.40. The van der Waals surface area contributed by atoms with Gasteiger partial charge in [0.05, 0.1) is 0 Å². The number of sulfonamides is 1. The molecule has 0 aliphatic carbocycles. The minimum Gasteiger partial charge on any atom is -0.396 e. The van der Waals surface area contributed by atoms with E-state index in [0.29, 0.717) is 12.5 Å². The Bertz CT molecular complexity index is 730. The molecule has 0 aromatic heterocycles. The summed E-state index contributed by atoms with van der Waals surface area (Å²) in [7, 11) is -4.13. The van der Waals surface area contributed by atoms with Gasteiger partial charge in [0.2, 0.25) is 0 Å². The van der Waals surface area contributed by atoms with Crippen LogP contribution in [0.2, 0.25) is 0 Å². The van der Waals surface area contributed by atoms with Crippen molar-refractivity contribution in [2.75, 3.05) is 11.3 Å². The standard InChI is InChI=1S/C14H13F2NO3S/c15-11-3-6-14(13(16)9-11)21(19,20)17-12-4-1-10(2-5-12)7-8-18/h1-6,9,17-18H,7-8H2. The van der Waals surface area contributed by atoms with Gasteiger partial charge in [-0.2, -0.15) is 0 Å². The maximum absolute atomic E-state index is 13.5. The number of anilines is 1. The summed E-state index contributed by atoms with van der Waals surface area (Å²) < 4.78 is 52.6. The highest BCUT2D eigenvalue weighted by Gasteiger charge is 2.19. The Kier molecular flexibility index (Phi) is 4.54. The van der Waals surface area contributed by atoms with E-state index in [4.69, 9.17) is 5.11 Å². The summed E-state index contributed by atoms with van der Waals surface area (Å²) >= 11 is 0. The van der Waals surface area contributed by atoms with E-state index in [0.717, 1.165) is 17.7 Å². The first-order chi connectivity index (χ1) is 9.92. The number of hydrogen-bond donors (Lipinski definition) is 2. The van der Waals surface area contributed by atoms with Crippen molar-refractivity contribution in [2.45, 2.75) is 11.3 Å². The molecule has 7 heteroatoms. The monoisotopic (exact) mass is 313 g/mol. The summed E-state index contributed by atoms with van der Waals surface area (Å²) in [5.74, 6) is -2.00. The Morgan fingerprint density at radius 1 is 1.05 bits per heavy atom. The molecule has 0 spiro atoms. The van der Waals surface area contributed by atoms with Gasteiger partial charge in [-0.25, -0.2) is 17.2 Å². The molecule has 21 heavy (non-hydrogen) atoms. The SMILES string of the molecule is O=S(=O)(Nc1ccc(CCO)cc1)c1ccc(F)cc1F. The highest BCUT2D eigenvalue weighted by molar-refractivity contribution is 7.92. The predicted molar refractivity (Wildman–Crippen MR) is 74.4 cm³/mol. The van der Waals surface area contributed by atoms with E-state index < -0.39 is 26.6 Å². The van der Waals surface area contributed by atoms with Crippen LogP contribution in [0.5, 0.6) is 0 Å². The molecule has 0 amide bonds. The minimum absolute atomic E-state index is 0.00807. The number of aliphatic hydroxyl groups excluding tert-OH is 1. The first-order valence-corrected chi connectivity index (χ1v) is 7.58. The number of hydrogen-bond acceptors (Lipinski definition) is 3. The molecular weight excluding hydrogens is 300 g/mol. The summed E-state index contributed by atoms with van der Waals surface area (Å²) in [4.78, 5) is -0.622. The molecule has 0 aliphatic heterocycles. The molecule has 0 bridgehead atoms. The molecule has 0 radical (unpaired) electrons. The molecule has 2 rings (SSSR count). The molecular formula is C14H13F2NO3S. The van der Waals surface area contributed by atoms with Crippen molar-refractivity contribution in [3.63, 3.8) is 0 Å². The average molecular weight is 313 g/mol. The van der Waals surface area contributed by atoms with E-state index in [1.165, 1.54) is 12.1 Å². The van der Waals surface area contributed by atoms with Crippen LogP contribution < -0.4 is 4.72 Å². The van der Waals surface area contributed by atoms with Crippen LogP contribution in [0.4, 0.5) is 14.5 Å². The molecule has 2 aromatic rings. The van der Waals surface area contributed by atoms with Gasteiger partial charge >= 0.3 is 0 Å². The molecule has 0 saturated heterocycles. The highest BCUT2D eigenvalue weighted by atomic mass is 32.2. The number of benzene rings is 2. The van der Waals surface area contributed by atoms with Gasteiger partial charge in [-0.3, -0.25) is 4.72 Å². The number of nitrogens with one attached hydrogen (secondary N) is 1. The molecule has 112 valence electrons. The van der Waals surface area contributed by atoms with Crippen LogP contribution in [0.3, 0.4) is 0 Å². The fourth-order valence-electron chi connectivity index (χ4n) is 1.77. The second-order valence-corrected chi connectivity index (χ2v) is 6.00. The smallest absolute Gasteiger partial charge is 0.264 e. The highest BCUT2D eigenvalue weighted by Crippen LogP contribution is 2.20. The third kappa shape index (κ3) is 3.77. The van der Waals surface area contributed by atoms with Gasteiger partial charge in [0.25, 0.3) is 10.0 Å². The normalized spacial score (nSPS) is 11.4. The number of halogens is 2. The van der Waals surface area contributed by atoms with E-state index >= 15 is 0 Å². The van der Waals surface area contributed by atoms with E-state index in [1.54, 1.807) is 12.1 Å². The summed E-state index contributed by atoms with van der Waals surface area (Å²) in [6, 6.07) is 8.56. The van der Waals surface area contributed by atoms with E-state index in [2.05, 4.69) is 4.72 Å². The zero-order chi connectivity index (χ0) is 15.5. The Hall–Kier alpha value is -1.99. The van der Waals surface area contributed by atoms with Crippen molar-refractivity contribution in [3.05, 3.63) is 59.7 Å². The van der Waals surface area contributed by atoms with Crippen LogP contribution in [-0.4, -0.2) is 20.1 Å². The lowest BCUT2D eigenvalue weighted by Gasteiger charge is -2.09. The molecule has 0 saturated carbocycles. The largest absolute Gasteiger partial charge is 0.396 e. The van der Waals surface area contributed by atoms with Gasteiger partial charge in [-0.1, -0.05) is 12.1 Å². The Morgan fingerprint density at radius 2 is 1.71 bits per heavy atom. The second kappa shape index (κ2) is 6.19. The lowest BCUT2D eigenvalue weighted by Crippen LogP contribution is -2.14. The molecule has 2 N–H and O–H groups in total. The van der Waals surface area contributed by atoms with Crippen LogP contribution in [0.1, 0.15) is 5.56 Å². The van der Waals surface area contributed by atoms with Crippen molar-refractivity contribution in [1.82, 2.24) is 0 Å². The molecule has 0 atom stereocenters. The van der Waals surface area contributed by atoms with Crippen molar-refractivity contribution in [2.24, 2.45) is 0 Å². The van der Waals surface area contributed by atoms with Gasteiger partial charge in [-0.15, -0.1) is 0 Å². The van der Waals surface area contributed by atoms with Gasteiger partial charge in [0.15, 0.2) is 0 Å². The van der Waals surface area contributed by atoms with Crippen LogP contribution in [0, 0.1) is 11.6 Å². The molecule has 0 unspecified atom stereocenters. The Morgan fingerprint density at radius 3 is 2.29 bits per heavy atom. The summed E-state index contributed by atoms with van der Waals surface area (Å²) in [5, 5.41) is 8.79. The molecule has 0 aliphatic rings. The molecule has 0 fully saturated rings. The first kappa shape index (κ1) is 15.4. The van der Waals surface area contributed by atoms with Crippen molar-refractivity contribution in [3.8, 4) is 0 Å². The van der Waals surface area contributed by atoms with Crippen LogP contribution in [0.25, 0.3) is 0 Å². The van der Waals surface area contributed by atoms with Crippen LogP contribution >= 0.6 is 0 Å². The maximum atomic E-state index is 13.5. The quantitative estimate of drug-likeness (QED) is 0.890. The van der Waals surface area contributed by atoms with E-state index in [9.17, 15) is 17.2 Å². The van der Waals surface area contributed by atoms with E-state index in [1.807, 2.05) is 0 Å². The molecule has 2 aromatic carbocycles. The predicted octanol–water partition coefficient (Wildman–Crippen LogP) is 2.30. The third-order valence-electron chi connectivity index (χ3n) is 2.79. The maximum Gasteiger partial charge on any atom is 0.264 e. The zero-order valence-electron chi connectivity index (χ0n) is 10.9. The lowest BCUT2D eigenvalue weighted by atomic mass is 10.1.